The minimum Gasteiger partial charge on any atom is -0.370 e. The van der Waals surface area contributed by atoms with E-state index in [1.54, 1.807) is 18.2 Å². The molecule has 1 aromatic rings. The van der Waals surface area contributed by atoms with Crippen molar-refractivity contribution < 1.29 is 0 Å². The first-order valence-electron chi connectivity index (χ1n) is 6.82. The molecule has 0 saturated carbocycles. The molecule has 0 spiro atoms. The highest BCUT2D eigenvalue weighted by Crippen LogP contribution is 2.32. The SMILES string of the molecule is CC1CCCN(c2ccc(Cl)cc2NN=C(C#N)C#N)C1. The average Bonchev–Trinajstić information content (AvgIpc) is 2.48. The minimum atomic E-state index is -0.215. The number of nitrogens with zero attached hydrogens (tertiary/aromatic N) is 4. The van der Waals surface area contributed by atoms with Gasteiger partial charge < -0.3 is 4.90 Å². The van der Waals surface area contributed by atoms with E-state index in [2.05, 4.69) is 22.4 Å². The monoisotopic (exact) mass is 301 g/mol. The predicted octanol–water partition coefficient (Wildman–Crippen LogP) is 3.39. The molecular weight excluding hydrogens is 286 g/mol. The zero-order valence-electron chi connectivity index (χ0n) is 11.8. The first-order valence-corrected chi connectivity index (χ1v) is 7.20. The molecule has 1 unspecified atom stereocenters. The molecule has 0 bridgehead atoms. The minimum absolute atomic E-state index is 0.215. The van der Waals surface area contributed by atoms with Crippen LogP contribution in [0, 0.1) is 28.6 Å². The van der Waals surface area contributed by atoms with Crippen LogP contribution in [0.25, 0.3) is 0 Å². The van der Waals surface area contributed by atoms with E-state index in [0.717, 1.165) is 25.2 Å². The van der Waals surface area contributed by atoms with Crippen molar-refractivity contribution in [3.05, 3.63) is 23.2 Å². The molecule has 1 heterocycles. The van der Waals surface area contributed by atoms with Crippen molar-refractivity contribution in [3.63, 3.8) is 0 Å². The molecule has 2 rings (SSSR count). The molecule has 6 heteroatoms. The van der Waals surface area contributed by atoms with Gasteiger partial charge in [0.15, 0.2) is 0 Å². The van der Waals surface area contributed by atoms with Gasteiger partial charge in [-0.05, 0) is 37.0 Å². The van der Waals surface area contributed by atoms with Gasteiger partial charge in [-0.25, -0.2) is 0 Å². The summed E-state index contributed by atoms with van der Waals surface area (Å²) >= 11 is 6.03. The maximum absolute atomic E-state index is 8.73. The Kier molecular flexibility index (Phi) is 5.03. The number of nitriles is 2. The van der Waals surface area contributed by atoms with Gasteiger partial charge in [0.1, 0.15) is 12.1 Å². The fourth-order valence-electron chi connectivity index (χ4n) is 2.47. The van der Waals surface area contributed by atoms with Crippen LogP contribution in [0.1, 0.15) is 19.8 Å². The lowest BCUT2D eigenvalue weighted by Gasteiger charge is -2.33. The Hall–Kier alpha value is -2.24. The van der Waals surface area contributed by atoms with E-state index in [4.69, 9.17) is 22.1 Å². The fourth-order valence-corrected chi connectivity index (χ4v) is 2.65. The molecule has 1 aliphatic rings. The topological polar surface area (TPSA) is 75.2 Å². The third-order valence-electron chi connectivity index (χ3n) is 3.46. The quantitative estimate of drug-likeness (QED) is 0.686. The second kappa shape index (κ2) is 6.97. The summed E-state index contributed by atoms with van der Waals surface area (Å²) in [6.07, 6.45) is 2.38. The van der Waals surface area contributed by atoms with E-state index < -0.39 is 0 Å². The molecule has 1 atom stereocenters. The molecule has 5 nitrogen and oxygen atoms in total. The molecule has 0 aromatic heterocycles. The summed E-state index contributed by atoms with van der Waals surface area (Å²) in [5.74, 6) is 0.638. The van der Waals surface area contributed by atoms with Crippen LogP contribution in [-0.4, -0.2) is 18.8 Å². The lowest BCUT2D eigenvalue weighted by molar-refractivity contribution is 0.447. The molecule has 1 aromatic carbocycles. The summed E-state index contributed by atoms with van der Waals surface area (Å²) in [7, 11) is 0. The van der Waals surface area contributed by atoms with Gasteiger partial charge in [0.05, 0.1) is 11.4 Å². The molecule has 0 radical (unpaired) electrons. The van der Waals surface area contributed by atoms with Crippen LogP contribution >= 0.6 is 11.6 Å². The van der Waals surface area contributed by atoms with E-state index >= 15 is 0 Å². The first kappa shape index (κ1) is 15.2. The van der Waals surface area contributed by atoms with Crippen LogP contribution in [0.15, 0.2) is 23.3 Å². The summed E-state index contributed by atoms with van der Waals surface area (Å²) in [6, 6.07) is 8.98. The molecule has 21 heavy (non-hydrogen) atoms. The van der Waals surface area contributed by atoms with Gasteiger partial charge >= 0.3 is 0 Å². The zero-order valence-corrected chi connectivity index (χ0v) is 12.6. The third kappa shape index (κ3) is 3.87. The number of hydrogen-bond acceptors (Lipinski definition) is 5. The van der Waals surface area contributed by atoms with Crippen LogP contribution in [0.4, 0.5) is 11.4 Å². The highest BCUT2D eigenvalue weighted by Gasteiger charge is 2.19. The lowest BCUT2D eigenvalue weighted by atomic mass is 9.99. The van der Waals surface area contributed by atoms with Crippen LogP contribution in [-0.2, 0) is 0 Å². The second-order valence-electron chi connectivity index (χ2n) is 5.15. The van der Waals surface area contributed by atoms with Gasteiger partial charge in [0.25, 0.3) is 0 Å². The van der Waals surface area contributed by atoms with E-state index in [1.165, 1.54) is 6.42 Å². The lowest BCUT2D eigenvalue weighted by Crippen LogP contribution is -2.34. The van der Waals surface area contributed by atoms with Crippen molar-refractivity contribution >= 4 is 28.7 Å². The molecule has 0 aliphatic carbocycles. The van der Waals surface area contributed by atoms with Crippen molar-refractivity contribution in [1.29, 1.82) is 10.5 Å². The van der Waals surface area contributed by atoms with Crippen molar-refractivity contribution in [1.82, 2.24) is 0 Å². The van der Waals surface area contributed by atoms with Crippen LogP contribution in [0.5, 0.6) is 0 Å². The van der Waals surface area contributed by atoms with Crippen molar-refractivity contribution in [2.75, 3.05) is 23.4 Å². The summed E-state index contributed by atoms with van der Waals surface area (Å²) in [6.45, 7) is 4.19. The van der Waals surface area contributed by atoms with Crippen LogP contribution < -0.4 is 10.3 Å². The molecular formula is C15H16ClN5. The number of hydrazone groups is 1. The normalized spacial score (nSPS) is 17.5. The van der Waals surface area contributed by atoms with Gasteiger partial charge in [-0.3, -0.25) is 5.43 Å². The molecule has 108 valence electrons. The Morgan fingerprint density at radius 2 is 2.19 bits per heavy atom. The smallest absolute Gasteiger partial charge is 0.237 e. The summed E-state index contributed by atoms with van der Waals surface area (Å²) in [5.41, 5.74) is 4.27. The highest BCUT2D eigenvalue weighted by molar-refractivity contribution is 6.31. The largest absolute Gasteiger partial charge is 0.370 e. The predicted molar refractivity (Wildman–Crippen MR) is 84.3 cm³/mol. The maximum atomic E-state index is 8.73. The Morgan fingerprint density at radius 3 is 2.86 bits per heavy atom. The number of piperidine rings is 1. The standard InChI is InChI=1S/C15H16ClN5/c1-11-3-2-6-21(10-11)15-5-4-12(16)7-14(15)20-19-13(8-17)9-18/h4-5,7,11,20H,2-3,6,10H2,1H3. The van der Waals surface area contributed by atoms with Crippen LogP contribution in [0.2, 0.25) is 5.02 Å². The van der Waals surface area contributed by atoms with Crippen molar-refractivity contribution in [3.8, 4) is 12.1 Å². The maximum Gasteiger partial charge on any atom is 0.237 e. The van der Waals surface area contributed by atoms with E-state index in [-0.39, 0.29) is 5.71 Å². The second-order valence-corrected chi connectivity index (χ2v) is 5.59. The molecule has 1 N–H and O–H groups in total. The zero-order chi connectivity index (χ0) is 15.2. The van der Waals surface area contributed by atoms with E-state index in [9.17, 15) is 0 Å². The van der Waals surface area contributed by atoms with Gasteiger partial charge in [0.2, 0.25) is 5.71 Å². The molecule has 0 amide bonds. The summed E-state index contributed by atoms with van der Waals surface area (Å²) in [5, 5.41) is 21.8. The Balaban J connectivity index is 2.28. The number of hydrogen-bond donors (Lipinski definition) is 1. The first-order chi connectivity index (χ1) is 10.1. The summed E-state index contributed by atoms with van der Waals surface area (Å²) < 4.78 is 0. The molecule has 1 saturated heterocycles. The van der Waals surface area contributed by atoms with Gasteiger partial charge in [-0.2, -0.15) is 15.6 Å². The van der Waals surface area contributed by atoms with Gasteiger partial charge in [-0.1, -0.05) is 18.5 Å². The Bertz CT molecular complexity index is 610. The number of nitrogens with one attached hydrogen (secondary N) is 1. The average molecular weight is 302 g/mol. The highest BCUT2D eigenvalue weighted by atomic mass is 35.5. The molecule has 1 aliphatic heterocycles. The van der Waals surface area contributed by atoms with E-state index in [1.807, 2.05) is 12.1 Å². The number of anilines is 2. The van der Waals surface area contributed by atoms with Crippen molar-refractivity contribution in [2.45, 2.75) is 19.8 Å². The van der Waals surface area contributed by atoms with Gasteiger partial charge in [-0.15, -0.1) is 0 Å². The number of benzene rings is 1. The fraction of sp³-hybridized carbons (Fsp3) is 0.400. The number of halogens is 1. The Labute approximate surface area is 129 Å². The Morgan fingerprint density at radius 1 is 1.43 bits per heavy atom. The summed E-state index contributed by atoms with van der Waals surface area (Å²) in [4.78, 5) is 2.28. The van der Waals surface area contributed by atoms with Crippen LogP contribution in [0.3, 0.4) is 0 Å². The van der Waals surface area contributed by atoms with Gasteiger partial charge in [0, 0.05) is 18.1 Å². The number of rotatable bonds is 3. The third-order valence-corrected chi connectivity index (χ3v) is 3.69. The van der Waals surface area contributed by atoms with Crippen molar-refractivity contribution in [2.24, 2.45) is 11.0 Å². The van der Waals surface area contributed by atoms with E-state index in [0.29, 0.717) is 16.6 Å². The molecule has 1 fully saturated rings.